The van der Waals surface area contributed by atoms with Crippen molar-refractivity contribution in [1.29, 1.82) is 0 Å². The lowest BCUT2D eigenvalue weighted by Crippen LogP contribution is -2.32. The number of carbonyl (C=O) groups is 1. The van der Waals surface area contributed by atoms with E-state index in [2.05, 4.69) is 25.4 Å². The highest BCUT2D eigenvalue weighted by atomic mass is 19.1. The minimum atomic E-state index is -0.482. The summed E-state index contributed by atoms with van der Waals surface area (Å²) >= 11 is 0. The predicted molar refractivity (Wildman–Crippen MR) is 117 cm³/mol. The van der Waals surface area contributed by atoms with E-state index in [4.69, 9.17) is 4.74 Å². The summed E-state index contributed by atoms with van der Waals surface area (Å²) in [5, 5.41) is 16.9. The Kier molecular flexibility index (Phi) is 5.33. The molecule has 1 fully saturated rings. The van der Waals surface area contributed by atoms with Gasteiger partial charge < -0.3 is 14.6 Å². The number of aromatic nitrogens is 6. The average Bonchev–Trinajstić information content (AvgIpc) is 3.60. The van der Waals surface area contributed by atoms with Gasteiger partial charge in [0.2, 0.25) is 0 Å². The second kappa shape index (κ2) is 8.45. The molecule has 2 aromatic heterocycles. The van der Waals surface area contributed by atoms with E-state index in [0.717, 1.165) is 18.4 Å². The summed E-state index contributed by atoms with van der Waals surface area (Å²) in [4.78, 5) is 20.0. The number of H-pyrrole nitrogens is 1. The topological polar surface area (TPSA) is 102 Å². The minimum Gasteiger partial charge on any atom is -0.493 e. The van der Waals surface area contributed by atoms with Gasteiger partial charge in [0.1, 0.15) is 0 Å². The molecule has 1 N–H and O–H groups in total. The monoisotopic (exact) mass is 447 g/mol. The van der Waals surface area contributed by atoms with Gasteiger partial charge >= 0.3 is 0 Å². The number of benzene rings is 2. The molecule has 0 unspecified atom stereocenters. The SMILES string of the molecule is COc1c(F)cccc1-c1nnc([C@@H]2CCCN2C(=O)c2ccc(C)cc2-n2nccn2)[nH]1. The maximum atomic E-state index is 14.1. The molecular formula is C23H22FN7O2. The molecule has 4 aromatic rings. The Morgan fingerprint density at radius 2 is 2.00 bits per heavy atom. The summed E-state index contributed by atoms with van der Waals surface area (Å²) < 4.78 is 19.3. The molecule has 1 saturated heterocycles. The van der Waals surface area contributed by atoms with Crippen molar-refractivity contribution in [1.82, 2.24) is 35.1 Å². The Hall–Kier alpha value is -4.08. The molecule has 0 bridgehead atoms. The van der Waals surface area contributed by atoms with Gasteiger partial charge in [-0.05, 0) is 49.6 Å². The van der Waals surface area contributed by atoms with Crippen LogP contribution < -0.4 is 4.74 Å². The first-order valence-electron chi connectivity index (χ1n) is 10.6. The quantitative estimate of drug-likeness (QED) is 0.503. The molecule has 0 spiro atoms. The molecule has 1 aliphatic heterocycles. The van der Waals surface area contributed by atoms with Crippen molar-refractivity contribution in [3.8, 4) is 22.8 Å². The zero-order valence-corrected chi connectivity index (χ0v) is 18.2. The number of aromatic amines is 1. The maximum absolute atomic E-state index is 14.1. The van der Waals surface area contributed by atoms with Gasteiger partial charge in [-0.3, -0.25) is 4.79 Å². The number of hydrogen-bond acceptors (Lipinski definition) is 6. The second-order valence-corrected chi connectivity index (χ2v) is 7.88. The molecule has 168 valence electrons. The number of nitrogens with one attached hydrogen (secondary N) is 1. The highest BCUT2D eigenvalue weighted by Crippen LogP contribution is 2.35. The highest BCUT2D eigenvalue weighted by molar-refractivity contribution is 5.98. The van der Waals surface area contributed by atoms with E-state index in [1.54, 1.807) is 35.5 Å². The average molecular weight is 447 g/mol. The Morgan fingerprint density at radius 1 is 1.18 bits per heavy atom. The lowest BCUT2D eigenvalue weighted by atomic mass is 10.1. The van der Waals surface area contributed by atoms with E-state index in [1.807, 2.05) is 19.1 Å². The van der Waals surface area contributed by atoms with Gasteiger partial charge in [-0.15, -0.1) is 10.2 Å². The fraction of sp³-hybridized carbons (Fsp3) is 0.261. The van der Waals surface area contributed by atoms with Crippen molar-refractivity contribution in [2.45, 2.75) is 25.8 Å². The number of methoxy groups -OCH3 is 1. The third-order valence-electron chi connectivity index (χ3n) is 5.78. The molecule has 0 radical (unpaired) electrons. The number of ether oxygens (including phenoxy) is 1. The minimum absolute atomic E-state index is 0.0931. The molecule has 10 heteroatoms. The van der Waals surface area contributed by atoms with E-state index in [-0.39, 0.29) is 17.7 Å². The van der Waals surface area contributed by atoms with Gasteiger partial charge in [0.25, 0.3) is 5.91 Å². The number of rotatable bonds is 5. The zero-order chi connectivity index (χ0) is 22.9. The molecule has 2 aromatic carbocycles. The van der Waals surface area contributed by atoms with Crippen LogP contribution in [-0.4, -0.2) is 54.6 Å². The molecule has 1 amide bonds. The van der Waals surface area contributed by atoms with Crippen LogP contribution >= 0.6 is 0 Å². The van der Waals surface area contributed by atoms with Crippen LogP contribution in [0.5, 0.6) is 5.75 Å². The number of amides is 1. The summed E-state index contributed by atoms with van der Waals surface area (Å²) in [6.07, 6.45) is 4.72. The summed E-state index contributed by atoms with van der Waals surface area (Å²) in [6.45, 7) is 2.54. The van der Waals surface area contributed by atoms with Gasteiger partial charge in [0.15, 0.2) is 23.2 Å². The Balaban J connectivity index is 1.47. The number of nitrogens with zero attached hydrogens (tertiary/aromatic N) is 6. The van der Waals surface area contributed by atoms with Gasteiger partial charge in [-0.2, -0.15) is 15.0 Å². The molecule has 1 aliphatic rings. The van der Waals surface area contributed by atoms with Gasteiger partial charge in [-0.25, -0.2) is 4.39 Å². The van der Waals surface area contributed by atoms with Crippen molar-refractivity contribution < 1.29 is 13.9 Å². The molecule has 5 rings (SSSR count). The summed E-state index contributed by atoms with van der Waals surface area (Å²) in [5.41, 5.74) is 2.60. The summed E-state index contributed by atoms with van der Waals surface area (Å²) in [5.74, 6) is 0.414. The first-order chi connectivity index (χ1) is 16.1. The molecule has 3 heterocycles. The van der Waals surface area contributed by atoms with Crippen LogP contribution in [0.4, 0.5) is 4.39 Å². The third-order valence-corrected chi connectivity index (χ3v) is 5.78. The molecule has 33 heavy (non-hydrogen) atoms. The van der Waals surface area contributed by atoms with Crippen molar-refractivity contribution in [2.24, 2.45) is 0 Å². The second-order valence-electron chi connectivity index (χ2n) is 7.88. The fourth-order valence-electron chi connectivity index (χ4n) is 4.23. The van der Waals surface area contributed by atoms with E-state index >= 15 is 0 Å². The number of carbonyl (C=O) groups excluding carboxylic acids is 1. The number of hydrogen-bond donors (Lipinski definition) is 1. The van der Waals surface area contributed by atoms with Crippen LogP contribution in [0, 0.1) is 12.7 Å². The van der Waals surface area contributed by atoms with Crippen LogP contribution in [0.25, 0.3) is 17.1 Å². The lowest BCUT2D eigenvalue weighted by molar-refractivity contribution is 0.0729. The number of para-hydroxylation sites is 1. The summed E-state index contributed by atoms with van der Waals surface area (Å²) in [6, 6.07) is 9.93. The van der Waals surface area contributed by atoms with Crippen molar-refractivity contribution in [2.75, 3.05) is 13.7 Å². The normalized spacial score (nSPS) is 15.7. The fourth-order valence-corrected chi connectivity index (χ4v) is 4.23. The van der Waals surface area contributed by atoms with E-state index < -0.39 is 5.82 Å². The van der Waals surface area contributed by atoms with Crippen LogP contribution in [-0.2, 0) is 0 Å². The number of aryl methyl sites for hydroxylation is 1. The summed E-state index contributed by atoms with van der Waals surface area (Å²) in [7, 11) is 1.41. The van der Waals surface area contributed by atoms with Gasteiger partial charge in [-0.1, -0.05) is 12.1 Å². The van der Waals surface area contributed by atoms with Crippen molar-refractivity contribution in [3.05, 3.63) is 71.6 Å². The van der Waals surface area contributed by atoms with Crippen LogP contribution in [0.1, 0.15) is 40.6 Å². The molecule has 9 nitrogen and oxygen atoms in total. The largest absolute Gasteiger partial charge is 0.493 e. The van der Waals surface area contributed by atoms with Crippen molar-refractivity contribution >= 4 is 5.91 Å². The standard InChI is InChI=1S/C23H22FN7O2/c1-14-8-9-15(19(13-14)31-25-10-11-26-31)23(32)30-12-4-7-18(30)22-27-21(28-29-22)16-5-3-6-17(24)20(16)33-2/h3,5-6,8-11,13,18H,4,7,12H2,1-2H3,(H,27,28,29)/t18-/m0/s1. The first-order valence-corrected chi connectivity index (χ1v) is 10.6. The van der Waals surface area contributed by atoms with Crippen LogP contribution in [0.3, 0.4) is 0 Å². The van der Waals surface area contributed by atoms with Gasteiger partial charge in [0, 0.05) is 6.54 Å². The first kappa shape index (κ1) is 20.8. The predicted octanol–water partition coefficient (Wildman–Crippen LogP) is 3.49. The van der Waals surface area contributed by atoms with Crippen molar-refractivity contribution in [3.63, 3.8) is 0 Å². The maximum Gasteiger partial charge on any atom is 0.256 e. The molecule has 0 saturated carbocycles. The molecule has 0 aliphatic carbocycles. The number of halogens is 1. The zero-order valence-electron chi connectivity index (χ0n) is 18.2. The Bertz CT molecular complexity index is 1300. The van der Waals surface area contributed by atoms with Crippen LogP contribution in [0.2, 0.25) is 0 Å². The lowest BCUT2D eigenvalue weighted by Gasteiger charge is -2.24. The van der Waals surface area contributed by atoms with Gasteiger partial charge in [0.05, 0.1) is 42.4 Å². The molecular weight excluding hydrogens is 425 g/mol. The van der Waals surface area contributed by atoms with E-state index in [9.17, 15) is 9.18 Å². The Labute approximate surface area is 189 Å². The highest BCUT2D eigenvalue weighted by Gasteiger charge is 2.34. The van der Waals surface area contributed by atoms with Crippen LogP contribution in [0.15, 0.2) is 48.8 Å². The van der Waals surface area contributed by atoms with E-state index in [1.165, 1.54) is 18.0 Å². The smallest absolute Gasteiger partial charge is 0.256 e. The Morgan fingerprint density at radius 3 is 2.79 bits per heavy atom. The molecule has 1 atom stereocenters. The van der Waals surface area contributed by atoms with E-state index in [0.29, 0.717) is 35.0 Å². The third kappa shape index (κ3) is 3.73. The number of likely N-dealkylation sites (tertiary alicyclic amines) is 1.